The minimum absolute atomic E-state index is 0.0193. The summed E-state index contributed by atoms with van der Waals surface area (Å²) in [7, 11) is 0. The highest BCUT2D eigenvalue weighted by Gasteiger charge is 2.17. The molecule has 1 N–H and O–H groups in total. The summed E-state index contributed by atoms with van der Waals surface area (Å²) in [5.41, 5.74) is 1.10. The Labute approximate surface area is 115 Å². The summed E-state index contributed by atoms with van der Waals surface area (Å²) in [5.74, 6) is -0.0193. The van der Waals surface area contributed by atoms with Crippen LogP contribution in [0.1, 0.15) is 5.69 Å². The van der Waals surface area contributed by atoms with Crippen molar-refractivity contribution in [3.05, 3.63) is 34.5 Å². The van der Waals surface area contributed by atoms with Crippen molar-refractivity contribution in [3.8, 4) is 0 Å². The SMILES string of the molecule is Cc1cc2c(=O)n(CC(=O)N3CCNCC3)ccn2n1. The van der Waals surface area contributed by atoms with E-state index in [1.807, 2.05) is 6.92 Å². The van der Waals surface area contributed by atoms with Crippen LogP contribution in [0.2, 0.25) is 0 Å². The number of hydrogen-bond donors (Lipinski definition) is 1. The van der Waals surface area contributed by atoms with Gasteiger partial charge in [-0.3, -0.25) is 9.59 Å². The number of carbonyl (C=O) groups excluding carboxylic acids is 1. The van der Waals surface area contributed by atoms with Gasteiger partial charge in [0.15, 0.2) is 0 Å². The Morgan fingerprint density at radius 2 is 2.10 bits per heavy atom. The summed E-state index contributed by atoms with van der Waals surface area (Å²) in [6.07, 6.45) is 3.32. The quantitative estimate of drug-likeness (QED) is 0.782. The van der Waals surface area contributed by atoms with Crippen molar-refractivity contribution in [2.24, 2.45) is 0 Å². The molecule has 0 bridgehead atoms. The Hall–Kier alpha value is -2.15. The van der Waals surface area contributed by atoms with E-state index in [9.17, 15) is 9.59 Å². The summed E-state index contributed by atoms with van der Waals surface area (Å²) >= 11 is 0. The highest BCUT2D eigenvalue weighted by Crippen LogP contribution is 2.01. The number of carbonyl (C=O) groups is 1. The number of aryl methyl sites for hydroxylation is 1. The molecule has 0 aliphatic carbocycles. The highest BCUT2D eigenvalue weighted by atomic mass is 16.2. The van der Waals surface area contributed by atoms with Gasteiger partial charge in [-0.1, -0.05) is 0 Å². The Kier molecular flexibility index (Phi) is 3.27. The molecule has 3 rings (SSSR count). The number of fused-ring (bicyclic) bond motifs is 1. The van der Waals surface area contributed by atoms with Gasteiger partial charge < -0.3 is 14.8 Å². The minimum atomic E-state index is -0.184. The van der Waals surface area contributed by atoms with Crippen LogP contribution < -0.4 is 10.9 Å². The standard InChI is InChI=1S/C13H17N5O2/c1-10-8-11-13(20)17(6-7-18(11)15-10)9-12(19)16-4-2-14-3-5-16/h6-8,14H,2-5,9H2,1H3. The van der Waals surface area contributed by atoms with Gasteiger partial charge in [-0.25, -0.2) is 4.52 Å². The van der Waals surface area contributed by atoms with Crippen molar-refractivity contribution < 1.29 is 4.79 Å². The molecule has 7 nitrogen and oxygen atoms in total. The number of nitrogens with zero attached hydrogens (tertiary/aromatic N) is 4. The lowest BCUT2D eigenvalue weighted by Crippen LogP contribution is -2.48. The van der Waals surface area contributed by atoms with Crippen LogP contribution in [0, 0.1) is 6.92 Å². The summed E-state index contributed by atoms with van der Waals surface area (Å²) in [4.78, 5) is 26.2. The van der Waals surface area contributed by atoms with Gasteiger partial charge in [0, 0.05) is 38.6 Å². The maximum absolute atomic E-state index is 12.3. The molecule has 0 unspecified atom stereocenters. The third kappa shape index (κ3) is 2.32. The molecule has 7 heteroatoms. The van der Waals surface area contributed by atoms with Crippen LogP contribution in [0.4, 0.5) is 0 Å². The van der Waals surface area contributed by atoms with Gasteiger partial charge in [-0.2, -0.15) is 5.10 Å². The van der Waals surface area contributed by atoms with Crippen molar-refractivity contribution in [2.75, 3.05) is 26.2 Å². The molecule has 2 aromatic rings. The van der Waals surface area contributed by atoms with Crippen LogP contribution in [0.15, 0.2) is 23.3 Å². The molecule has 0 aromatic carbocycles. The van der Waals surface area contributed by atoms with Crippen molar-refractivity contribution in [1.82, 2.24) is 24.4 Å². The first kappa shape index (κ1) is 12.9. The van der Waals surface area contributed by atoms with Gasteiger partial charge in [0.2, 0.25) is 5.91 Å². The van der Waals surface area contributed by atoms with E-state index in [4.69, 9.17) is 0 Å². The maximum atomic E-state index is 12.3. The first-order valence-electron chi connectivity index (χ1n) is 6.69. The van der Waals surface area contributed by atoms with Gasteiger partial charge in [0.1, 0.15) is 12.1 Å². The molecule has 1 fully saturated rings. The molecule has 1 aliphatic heterocycles. The largest absolute Gasteiger partial charge is 0.339 e. The molecule has 0 saturated carbocycles. The fourth-order valence-corrected chi connectivity index (χ4v) is 2.43. The second-order valence-corrected chi connectivity index (χ2v) is 4.98. The number of piperazine rings is 1. The Bertz CT molecular complexity index is 696. The fourth-order valence-electron chi connectivity index (χ4n) is 2.43. The topological polar surface area (TPSA) is 71.6 Å². The molecule has 3 heterocycles. The Morgan fingerprint density at radius 3 is 2.85 bits per heavy atom. The van der Waals surface area contributed by atoms with Crippen LogP contribution in [0.5, 0.6) is 0 Å². The lowest BCUT2D eigenvalue weighted by atomic mass is 10.3. The molecular weight excluding hydrogens is 258 g/mol. The lowest BCUT2D eigenvalue weighted by Gasteiger charge is -2.27. The van der Waals surface area contributed by atoms with E-state index in [1.54, 1.807) is 27.9 Å². The van der Waals surface area contributed by atoms with E-state index in [1.165, 1.54) is 4.57 Å². The molecule has 0 radical (unpaired) electrons. The van der Waals surface area contributed by atoms with Gasteiger partial charge in [0.25, 0.3) is 5.56 Å². The molecule has 106 valence electrons. The molecular formula is C13H17N5O2. The second kappa shape index (κ2) is 5.09. The summed E-state index contributed by atoms with van der Waals surface area (Å²) in [5, 5.41) is 7.38. The van der Waals surface area contributed by atoms with Crippen molar-refractivity contribution in [2.45, 2.75) is 13.5 Å². The molecule has 0 atom stereocenters. The van der Waals surface area contributed by atoms with E-state index in [-0.39, 0.29) is 18.0 Å². The predicted octanol–water partition coefficient (Wildman–Crippen LogP) is -0.764. The Morgan fingerprint density at radius 1 is 1.35 bits per heavy atom. The van der Waals surface area contributed by atoms with Gasteiger partial charge in [-0.05, 0) is 13.0 Å². The first-order chi connectivity index (χ1) is 9.65. The van der Waals surface area contributed by atoms with E-state index in [0.29, 0.717) is 18.6 Å². The third-order valence-corrected chi connectivity index (χ3v) is 3.50. The van der Waals surface area contributed by atoms with Crippen LogP contribution >= 0.6 is 0 Å². The van der Waals surface area contributed by atoms with Gasteiger partial charge in [-0.15, -0.1) is 0 Å². The van der Waals surface area contributed by atoms with Gasteiger partial charge in [0.05, 0.1) is 5.69 Å². The van der Waals surface area contributed by atoms with Crippen LogP contribution in [0.3, 0.4) is 0 Å². The number of nitrogens with one attached hydrogen (secondary N) is 1. The van der Waals surface area contributed by atoms with E-state index < -0.39 is 0 Å². The fraction of sp³-hybridized carbons (Fsp3) is 0.462. The molecule has 1 aliphatic rings. The average Bonchev–Trinajstić information content (AvgIpc) is 2.84. The zero-order valence-electron chi connectivity index (χ0n) is 11.4. The maximum Gasteiger partial charge on any atom is 0.277 e. The zero-order chi connectivity index (χ0) is 14.1. The second-order valence-electron chi connectivity index (χ2n) is 4.98. The summed E-state index contributed by atoms with van der Waals surface area (Å²) < 4.78 is 2.99. The molecule has 0 spiro atoms. The third-order valence-electron chi connectivity index (χ3n) is 3.50. The Balaban J connectivity index is 1.85. The van der Waals surface area contributed by atoms with Crippen molar-refractivity contribution in [3.63, 3.8) is 0 Å². The summed E-state index contributed by atoms with van der Waals surface area (Å²) in [6, 6.07) is 1.73. The monoisotopic (exact) mass is 275 g/mol. The normalized spacial score (nSPS) is 15.8. The van der Waals surface area contributed by atoms with Crippen molar-refractivity contribution in [1.29, 1.82) is 0 Å². The van der Waals surface area contributed by atoms with Crippen molar-refractivity contribution >= 4 is 11.4 Å². The smallest absolute Gasteiger partial charge is 0.277 e. The molecule has 1 amide bonds. The number of hydrogen-bond acceptors (Lipinski definition) is 4. The summed E-state index contributed by atoms with van der Waals surface area (Å²) in [6.45, 7) is 4.93. The van der Waals surface area contributed by atoms with E-state index in [2.05, 4.69) is 10.4 Å². The molecule has 20 heavy (non-hydrogen) atoms. The van der Waals surface area contributed by atoms with E-state index >= 15 is 0 Å². The van der Waals surface area contributed by atoms with Gasteiger partial charge >= 0.3 is 0 Å². The molecule has 1 saturated heterocycles. The predicted molar refractivity (Wildman–Crippen MR) is 73.6 cm³/mol. The minimum Gasteiger partial charge on any atom is -0.339 e. The lowest BCUT2D eigenvalue weighted by molar-refractivity contribution is -0.132. The van der Waals surface area contributed by atoms with Crippen LogP contribution in [-0.4, -0.2) is 51.2 Å². The average molecular weight is 275 g/mol. The number of rotatable bonds is 2. The molecule has 2 aromatic heterocycles. The highest BCUT2D eigenvalue weighted by molar-refractivity contribution is 5.76. The van der Waals surface area contributed by atoms with Crippen LogP contribution in [-0.2, 0) is 11.3 Å². The van der Waals surface area contributed by atoms with E-state index in [0.717, 1.165) is 18.8 Å². The van der Waals surface area contributed by atoms with Crippen LogP contribution in [0.25, 0.3) is 5.52 Å². The number of amides is 1. The first-order valence-corrected chi connectivity index (χ1v) is 6.69. The number of aromatic nitrogens is 3. The zero-order valence-corrected chi connectivity index (χ0v) is 11.4.